The minimum Gasteiger partial charge on any atom is -0.460 e. The molecule has 6 heteroatoms. The van der Waals surface area contributed by atoms with Crippen LogP contribution in [0.2, 0.25) is 0 Å². The fraction of sp³-hybridized carbons (Fsp3) is 0.750. The van der Waals surface area contributed by atoms with Crippen molar-refractivity contribution in [3.8, 4) is 0 Å². The Labute approximate surface area is 83.6 Å². The Morgan fingerprint density at radius 3 is 2.43 bits per heavy atom. The summed E-state index contributed by atoms with van der Waals surface area (Å²) >= 11 is 0. The van der Waals surface area contributed by atoms with Crippen molar-refractivity contribution in [1.82, 2.24) is 11.0 Å². The molecule has 0 amide bonds. The van der Waals surface area contributed by atoms with E-state index < -0.39 is 5.60 Å². The molecule has 0 aliphatic rings. The molecular weight excluding hydrogens is 184 g/mol. The molecule has 0 spiro atoms. The maximum absolute atomic E-state index is 11.2. The Bertz CT molecular complexity index is 210. The van der Waals surface area contributed by atoms with Gasteiger partial charge in [0.25, 0.3) is 0 Å². The molecule has 0 rings (SSSR count). The van der Waals surface area contributed by atoms with Gasteiger partial charge in [-0.15, -0.1) is 0 Å². The summed E-state index contributed by atoms with van der Waals surface area (Å²) in [5.74, 6) is 4.75. The first-order valence-corrected chi connectivity index (χ1v) is 4.36. The van der Waals surface area contributed by atoms with Crippen LogP contribution in [0.4, 0.5) is 0 Å². The SMILES string of the molecule is CC(C)(C)OC(=O)CCC(=N)NNN. The van der Waals surface area contributed by atoms with Crippen LogP contribution in [-0.4, -0.2) is 17.4 Å². The van der Waals surface area contributed by atoms with E-state index in [0.717, 1.165) is 0 Å². The van der Waals surface area contributed by atoms with Gasteiger partial charge >= 0.3 is 5.97 Å². The normalized spacial score (nSPS) is 10.9. The smallest absolute Gasteiger partial charge is 0.306 e. The van der Waals surface area contributed by atoms with E-state index >= 15 is 0 Å². The van der Waals surface area contributed by atoms with Gasteiger partial charge in [0.1, 0.15) is 11.4 Å². The van der Waals surface area contributed by atoms with Crippen LogP contribution in [0.5, 0.6) is 0 Å². The highest BCUT2D eigenvalue weighted by Gasteiger charge is 2.16. The van der Waals surface area contributed by atoms with Crippen molar-refractivity contribution in [2.45, 2.75) is 39.2 Å². The molecule has 0 saturated heterocycles. The first-order valence-electron chi connectivity index (χ1n) is 4.36. The first-order chi connectivity index (χ1) is 6.35. The Hall–Kier alpha value is -1.14. The predicted molar refractivity (Wildman–Crippen MR) is 53.3 cm³/mol. The molecule has 0 aliphatic heterocycles. The van der Waals surface area contributed by atoms with E-state index in [1.165, 1.54) is 0 Å². The van der Waals surface area contributed by atoms with Gasteiger partial charge in [-0.3, -0.25) is 21.5 Å². The lowest BCUT2D eigenvalue weighted by Crippen LogP contribution is -2.42. The third-order valence-corrected chi connectivity index (χ3v) is 1.22. The summed E-state index contributed by atoms with van der Waals surface area (Å²) < 4.78 is 5.05. The number of nitrogens with one attached hydrogen (secondary N) is 3. The van der Waals surface area contributed by atoms with E-state index in [1.54, 1.807) is 20.8 Å². The number of carbonyl (C=O) groups is 1. The van der Waals surface area contributed by atoms with Crippen molar-refractivity contribution in [1.29, 1.82) is 5.41 Å². The Balaban J connectivity index is 3.70. The summed E-state index contributed by atoms with van der Waals surface area (Å²) in [5, 5.41) is 7.25. The zero-order valence-corrected chi connectivity index (χ0v) is 8.81. The number of nitrogens with two attached hydrogens (primary N) is 1. The van der Waals surface area contributed by atoms with Gasteiger partial charge in [0, 0.05) is 6.42 Å². The fourth-order valence-electron chi connectivity index (χ4n) is 0.769. The summed E-state index contributed by atoms with van der Waals surface area (Å²) in [6, 6.07) is 0. The molecule has 0 aromatic carbocycles. The molecule has 82 valence electrons. The van der Waals surface area contributed by atoms with Gasteiger partial charge in [-0.25, -0.2) is 0 Å². The van der Waals surface area contributed by atoms with Crippen LogP contribution in [0, 0.1) is 5.41 Å². The standard InChI is InChI=1S/C8H18N4O2/c1-8(2,3)14-7(13)5-4-6(9)11-12-10/h12H,4-5,10H2,1-3H3,(H2,9,11). The zero-order chi connectivity index (χ0) is 11.2. The quantitative estimate of drug-likeness (QED) is 0.170. The van der Waals surface area contributed by atoms with Crippen molar-refractivity contribution in [2.24, 2.45) is 5.84 Å². The van der Waals surface area contributed by atoms with E-state index in [0.29, 0.717) is 0 Å². The number of esters is 1. The molecule has 0 aliphatic carbocycles. The largest absolute Gasteiger partial charge is 0.460 e. The third-order valence-electron chi connectivity index (χ3n) is 1.22. The fourth-order valence-corrected chi connectivity index (χ4v) is 0.769. The van der Waals surface area contributed by atoms with E-state index in [1.807, 2.05) is 0 Å². The number of carbonyl (C=O) groups excluding carboxylic acids is 1. The van der Waals surface area contributed by atoms with Crippen LogP contribution in [-0.2, 0) is 9.53 Å². The van der Waals surface area contributed by atoms with Gasteiger partial charge in [-0.1, -0.05) is 0 Å². The Morgan fingerprint density at radius 2 is 2.00 bits per heavy atom. The second-order valence-electron chi connectivity index (χ2n) is 3.83. The molecule has 5 N–H and O–H groups in total. The summed E-state index contributed by atoms with van der Waals surface area (Å²) in [6.45, 7) is 5.40. The van der Waals surface area contributed by atoms with E-state index in [9.17, 15) is 4.79 Å². The van der Waals surface area contributed by atoms with Crippen LogP contribution in [0.15, 0.2) is 0 Å². The van der Waals surface area contributed by atoms with Gasteiger partial charge < -0.3 is 4.74 Å². The van der Waals surface area contributed by atoms with E-state index in [2.05, 4.69) is 11.0 Å². The summed E-state index contributed by atoms with van der Waals surface area (Å²) in [6.07, 6.45) is 0.448. The second-order valence-corrected chi connectivity index (χ2v) is 3.83. The van der Waals surface area contributed by atoms with E-state index in [4.69, 9.17) is 16.0 Å². The van der Waals surface area contributed by atoms with Crippen molar-refractivity contribution in [3.63, 3.8) is 0 Å². The van der Waals surface area contributed by atoms with E-state index in [-0.39, 0.29) is 24.6 Å². The van der Waals surface area contributed by atoms with Crippen LogP contribution >= 0.6 is 0 Å². The molecule has 0 heterocycles. The Kier molecular flexibility index (Phi) is 5.11. The summed E-state index contributed by atoms with van der Waals surface area (Å²) in [4.78, 5) is 11.2. The highest BCUT2D eigenvalue weighted by atomic mass is 16.6. The number of amidine groups is 1. The lowest BCUT2D eigenvalue weighted by Gasteiger charge is -2.19. The summed E-state index contributed by atoms with van der Waals surface area (Å²) in [7, 11) is 0. The molecule has 14 heavy (non-hydrogen) atoms. The van der Waals surface area contributed by atoms with Gasteiger partial charge in [0.15, 0.2) is 0 Å². The van der Waals surface area contributed by atoms with Crippen LogP contribution in [0.25, 0.3) is 0 Å². The number of hydrazine groups is 2. The van der Waals surface area contributed by atoms with Crippen LogP contribution in [0.1, 0.15) is 33.6 Å². The first kappa shape index (κ1) is 12.9. The lowest BCUT2D eigenvalue weighted by molar-refractivity contribution is -0.154. The van der Waals surface area contributed by atoms with Crippen LogP contribution in [0.3, 0.4) is 0 Å². The third kappa shape index (κ3) is 7.51. The molecule has 0 aromatic heterocycles. The molecule has 0 atom stereocenters. The van der Waals surface area contributed by atoms with Crippen molar-refractivity contribution in [2.75, 3.05) is 0 Å². The monoisotopic (exact) mass is 202 g/mol. The van der Waals surface area contributed by atoms with Crippen molar-refractivity contribution >= 4 is 11.8 Å². The molecule has 0 unspecified atom stereocenters. The molecular formula is C8H18N4O2. The minimum absolute atomic E-state index is 0.151. The molecule has 0 saturated carbocycles. The molecule has 0 fully saturated rings. The van der Waals surface area contributed by atoms with Crippen molar-refractivity contribution < 1.29 is 9.53 Å². The average Bonchev–Trinajstić information content (AvgIpc) is 1.98. The predicted octanol–water partition coefficient (Wildman–Crippen LogP) is 0.0535. The molecule has 0 bridgehead atoms. The topological polar surface area (TPSA) is 100 Å². The minimum atomic E-state index is -0.473. The van der Waals surface area contributed by atoms with Crippen molar-refractivity contribution in [3.05, 3.63) is 0 Å². The maximum atomic E-state index is 11.2. The number of ether oxygens (including phenoxy) is 1. The molecule has 0 aromatic rings. The van der Waals surface area contributed by atoms with Gasteiger partial charge in [-0.05, 0) is 20.8 Å². The highest BCUT2D eigenvalue weighted by Crippen LogP contribution is 2.08. The number of rotatable bonds is 4. The maximum Gasteiger partial charge on any atom is 0.306 e. The number of hydrogen-bond acceptors (Lipinski definition) is 5. The average molecular weight is 202 g/mol. The summed E-state index contributed by atoms with van der Waals surface area (Å²) in [5.41, 5.74) is 4.01. The Morgan fingerprint density at radius 1 is 1.43 bits per heavy atom. The molecule has 0 radical (unpaired) electrons. The number of hydrogen-bond donors (Lipinski definition) is 4. The van der Waals surface area contributed by atoms with Crippen LogP contribution < -0.4 is 16.8 Å². The van der Waals surface area contributed by atoms with Gasteiger partial charge in [0.05, 0.1) is 6.42 Å². The zero-order valence-electron chi connectivity index (χ0n) is 8.81. The lowest BCUT2D eigenvalue weighted by atomic mass is 10.2. The van der Waals surface area contributed by atoms with Gasteiger partial charge in [-0.2, -0.15) is 5.53 Å². The highest BCUT2D eigenvalue weighted by molar-refractivity contribution is 5.82. The van der Waals surface area contributed by atoms with Gasteiger partial charge in [0.2, 0.25) is 0 Å². The second kappa shape index (κ2) is 5.56. The molecule has 6 nitrogen and oxygen atoms in total.